The molecule has 168 valence electrons. The summed E-state index contributed by atoms with van der Waals surface area (Å²) >= 11 is 3.03. The van der Waals surface area contributed by atoms with Gasteiger partial charge in [-0.2, -0.15) is 0 Å². The number of carboxylic acid groups (broad SMARTS) is 1. The average Bonchev–Trinajstić information content (AvgIpc) is 3.02. The molecule has 3 fully saturated rings. The van der Waals surface area contributed by atoms with Gasteiger partial charge in [-0.25, -0.2) is 4.79 Å². The van der Waals surface area contributed by atoms with Gasteiger partial charge in [0.15, 0.2) is 0 Å². The van der Waals surface area contributed by atoms with E-state index in [-0.39, 0.29) is 28.4 Å². The zero-order valence-electron chi connectivity index (χ0n) is 18.2. The van der Waals surface area contributed by atoms with Crippen LogP contribution in [0.2, 0.25) is 0 Å². The van der Waals surface area contributed by atoms with Crippen LogP contribution in [0.15, 0.2) is 35.2 Å². The second-order valence-corrected chi connectivity index (χ2v) is 12.4. The third-order valence-electron chi connectivity index (χ3n) is 6.74. The fraction of sp³-hybridized carbons (Fsp3) is 0.609. The van der Waals surface area contributed by atoms with E-state index in [9.17, 15) is 19.5 Å². The van der Waals surface area contributed by atoms with Crippen LogP contribution in [0.5, 0.6) is 0 Å². The Morgan fingerprint density at radius 1 is 1.16 bits per heavy atom. The number of benzene rings is 1. The molecule has 1 aromatic rings. The van der Waals surface area contributed by atoms with Crippen LogP contribution in [0.1, 0.15) is 52.9 Å². The number of rotatable bonds is 6. The largest absolute Gasteiger partial charge is 0.480 e. The Balaban J connectivity index is 1.54. The molecule has 2 aliphatic heterocycles. The highest BCUT2D eigenvalue weighted by Crippen LogP contribution is 2.54. The van der Waals surface area contributed by atoms with E-state index in [1.165, 1.54) is 23.1 Å². The predicted octanol–water partition coefficient (Wildman–Crippen LogP) is 3.75. The lowest BCUT2D eigenvalue weighted by atomic mass is 9.84. The molecule has 1 aromatic carbocycles. The Morgan fingerprint density at radius 2 is 1.81 bits per heavy atom. The van der Waals surface area contributed by atoms with Crippen molar-refractivity contribution in [3.63, 3.8) is 0 Å². The molecule has 2 unspecified atom stereocenters. The zero-order valence-corrected chi connectivity index (χ0v) is 19.8. The highest BCUT2D eigenvalue weighted by Gasteiger charge is 2.70. The number of β-lactam (4-membered cyclic amide) rings is 1. The Labute approximate surface area is 191 Å². The molecular formula is C23H30N2O4S2. The first kappa shape index (κ1) is 22.5. The van der Waals surface area contributed by atoms with Gasteiger partial charge in [0.05, 0.1) is 5.25 Å². The van der Waals surface area contributed by atoms with Crippen LogP contribution in [0.4, 0.5) is 0 Å². The average molecular weight is 463 g/mol. The SMILES string of the molecule is CC1(C)S[C@H]2N(C(=O)C2(C)NC(=O)C(Sc2ccccc2)C2CCCCC2)[C@H]1C(=O)O. The maximum Gasteiger partial charge on any atom is 0.327 e. The zero-order chi connectivity index (χ0) is 22.4. The van der Waals surface area contributed by atoms with Crippen molar-refractivity contribution in [3.8, 4) is 0 Å². The van der Waals surface area contributed by atoms with Crippen molar-refractivity contribution in [1.29, 1.82) is 0 Å². The number of thioether (sulfide) groups is 2. The number of nitrogens with one attached hydrogen (secondary N) is 1. The van der Waals surface area contributed by atoms with Crippen molar-refractivity contribution >= 4 is 41.3 Å². The summed E-state index contributed by atoms with van der Waals surface area (Å²) in [7, 11) is 0. The molecule has 1 aliphatic carbocycles. The minimum atomic E-state index is -1.08. The lowest BCUT2D eigenvalue weighted by Gasteiger charge is -2.51. The van der Waals surface area contributed by atoms with Gasteiger partial charge in [-0.05, 0) is 51.7 Å². The number of hydrogen-bond donors (Lipinski definition) is 2. The number of nitrogens with zero attached hydrogens (tertiary/aromatic N) is 1. The van der Waals surface area contributed by atoms with Crippen LogP contribution in [0.25, 0.3) is 0 Å². The Morgan fingerprint density at radius 3 is 2.42 bits per heavy atom. The molecule has 6 nitrogen and oxygen atoms in total. The molecule has 0 aromatic heterocycles. The van der Waals surface area contributed by atoms with E-state index in [0.29, 0.717) is 0 Å². The molecule has 4 rings (SSSR count). The summed E-state index contributed by atoms with van der Waals surface area (Å²) in [5.74, 6) is -1.15. The highest BCUT2D eigenvalue weighted by atomic mass is 32.2. The van der Waals surface area contributed by atoms with E-state index < -0.39 is 22.3 Å². The van der Waals surface area contributed by atoms with E-state index in [2.05, 4.69) is 5.32 Å². The van der Waals surface area contributed by atoms with E-state index in [1.54, 1.807) is 18.7 Å². The van der Waals surface area contributed by atoms with E-state index in [1.807, 2.05) is 44.2 Å². The van der Waals surface area contributed by atoms with Crippen LogP contribution in [-0.2, 0) is 14.4 Å². The molecule has 31 heavy (non-hydrogen) atoms. The standard InChI is InChI=1S/C23H30N2O4S2/c1-22(2)17(19(27)28)25-20(29)23(3,21(25)31-22)24-18(26)16(14-10-6-4-7-11-14)30-15-12-8-5-9-13-15/h5,8-9,12-14,16-17,21H,4,6-7,10-11H2,1-3H3,(H,24,26)(H,27,28)/t16?,17-,21+,23?/m0/s1. The summed E-state index contributed by atoms with van der Waals surface area (Å²) in [6.45, 7) is 5.44. The van der Waals surface area contributed by atoms with Crippen molar-refractivity contribution < 1.29 is 19.5 Å². The van der Waals surface area contributed by atoms with Crippen LogP contribution in [0, 0.1) is 5.92 Å². The van der Waals surface area contributed by atoms with Crippen molar-refractivity contribution in [2.24, 2.45) is 5.92 Å². The molecule has 2 heterocycles. The van der Waals surface area contributed by atoms with Crippen LogP contribution in [0.3, 0.4) is 0 Å². The number of carboxylic acids is 1. The van der Waals surface area contributed by atoms with Crippen LogP contribution in [-0.4, -0.2) is 54.7 Å². The molecule has 0 bridgehead atoms. The topological polar surface area (TPSA) is 86.7 Å². The molecule has 0 spiro atoms. The molecule has 2 amide bonds. The molecule has 0 radical (unpaired) electrons. The van der Waals surface area contributed by atoms with Crippen molar-refractivity contribution in [1.82, 2.24) is 10.2 Å². The Hall–Kier alpha value is -1.67. The number of carbonyl (C=O) groups is 3. The van der Waals surface area contributed by atoms with E-state index in [4.69, 9.17) is 0 Å². The Bertz CT molecular complexity index is 872. The summed E-state index contributed by atoms with van der Waals surface area (Å²) in [6, 6.07) is 9.04. The fourth-order valence-electron chi connectivity index (χ4n) is 5.11. The number of carbonyl (C=O) groups excluding carboxylic acids is 2. The lowest BCUT2D eigenvalue weighted by Crippen LogP contribution is -2.78. The van der Waals surface area contributed by atoms with Gasteiger partial charge in [0.2, 0.25) is 5.91 Å². The molecule has 2 saturated heterocycles. The molecule has 4 atom stereocenters. The number of hydrogen-bond acceptors (Lipinski definition) is 5. The maximum atomic E-state index is 13.5. The summed E-state index contributed by atoms with van der Waals surface area (Å²) < 4.78 is -0.615. The quantitative estimate of drug-likeness (QED) is 0.495. The summed E-state index contributed by atoms with van der Waals surface area (Å²) in [5.41, 5.74) is -1.08. The molecule has 2 N–H and O–H groups in total. The molecule has 3 aliphatic rings. The van der Waals surface area contributed by atoms with Gasteiger partial charge in [0, 0.05) is 9.64 Å². The van der Waals surface area contributed by atoms with Gasteiger partial charge < -0.3 is 15.3 Å². The predicted molar refractivity (Wildman–Crippen MR) is 123 cm³/mol. The minimum absolute atomic E-state index is 0.117. The number of fused-ring (bicyclic) bond motifs is 1. The third-order valence-corrected chi connectivity index (χ3v) is 9.89. The third kappa shape index (κ3) is 3.97. The molecule has 1 saturated carbocycles. The Kier molecular flexibility index (Phi) is 6.07. The lowest BCUT2D eigenvalue weighted by molar-refractivity contribution is -0.167. The van der Waals surface area contributed by atoms with Crippen molar-refractivity contribution in [2.45, 2.75) is 84.7 Å². The molecular weight excluding hydrogens is 432 g/mol. The second kappa shape index (κ2) is 8.35. The maximum absolute atomic E-state index is 13.5. The van der Waals surface area contributed by atoms with Crippen molar-refractivity contribution in [3.05, 3.63) is 30.3 Å². The number of amides is 2. The van der Waals surface area contributed by atoms with Gasteiger partial charge >= 0.3 is 5.97 Å². The first-order valence-corrected chi connectivity index (χ1v) is 12.7. The van der Waals surface area contributed by atoms with Gasteiger partial charge in [-0.3, -0.25) is 9.59 Å². The summed E-state index contributed by atoms with van der Waals surface area (Å²) in [4.78, 5) is 40.9. The monoisotopic (exact) mass is 462 g/mol. The minimum Gasteiger partial charge on any atom is -0.480 e. The normalized spacial score (nSPS) is 30.9. The smallest absolute Gasteiger partial charge is 0.327 e. The van der Waals surface area contributed by atoms with Crippen LogP contribution >= 0.6 is 23.5 Å². The summed E-state index contributed by atoms with van der Waals surface area (Å²) in [6.07, 6.45) is 5.49. The van der Waals surface area contributed by atoms with E-state index in [0.717, 1.165) is 30.6 Å². The van der Waals surface area contributed by atoms with Crippen molar-refractivity contribution in [2.75, 3.05) is 0 Å². The number of aliphatic carboxylic acids is 1. The van der Waals surface area contributed by atoms with Gasteiger partial charge in [0.1, 0.15) is 17.0 Å². The first-order chi connectivity index (χ1) is 14.6. The fourth-order valence-corrected chi connectivity index (χ4v) is 7.99. The van der Waals surface area contributed by atoms with Gasteiger partial charge in [-0.15, -0.1) is 23.5 Å². The van der Waals surface area contributed by atoms with Gasteiger partial charge in [0.25, 0.3) is 5.91 Å². The molecule has 8 heteroatoms. The van der Waals surface area contributed by atoms with E-state index >= 15 is 0 Å². The second-order valence-electron chi connectivity index (χ2n) is 9.47. The summed E-state index contributed by atoms with van der Waals surface area (Å²) in [5, 5.41) is 12.1. The highest BCUT2D eigenvalue weighted by molar-refractivity contribution is 8.01. The van der Waals surface area contributed by atoms with Gasteiger partial charge in [-0.1, -0.05) is 37.5 Å². The first-order valence-electron chi connectivity index (χ1n) is 10.9. The van der Waals surface area contributed by atoms with Crippen LogP contribution < -0.4 is 5.32 Å².